The summed E-state index contributed by atoms with van der Waals surface area (Å²) >= 11 is 0. The van der Waals surface area contributed by atoms with Crippen molar-refractivity contribution in [2.75, 3.05) is 0 Å². The van der Waals surface area contributed by atoms with Gasteiger partial charge in [-0.1, -0.05) is 87.6 Å². The Labute approximate surface area is 245 Å². The minimum Gasteiger partial charge on any atom is -0.304 e. The molecule has 2 nitrogen and oxygen atoms in total. The number of aryl methyl sites for hydroxylation is 1. The van der Waals surface area contributed by atoms with Gasteiger partial charge in [-0.05, 0) is 45.1 Å². The molecule has 0 atom stereocenters. The number of unbranched alkanes of at least 4 members (excludes halogenated alkanes) is 3. The monoisotopic (exact) mass is 685 g/mol. The fourth-order valence-corrected chi connectivity index (χ4v) is 4.72. The Balaban J connectivity index is 0.000000184. The van der Waals surface area contributed by atoms with Crippen LogP contribution in [0.3, 0.4) is 0 Å². The van der Waals surface area contributed by atoms with E-state index in [0.29, 0.717) is 0 Å². The van der Waals surface area contributed by atoms with E-state index in [-0.39, 0.29) is 20.1 Å². The molecule has 197 valence electrons. The summed E-state index contributed by atoms with van der Waals surface area (Å²) in [5.41, 5.74) is 5.52. The van der Waals surface area contributed by atoms with Crippen LogP contribution in [0.15, 0.2) is 116 Å². The maximum atomic E-state index is 4.56. The van der Waals surface area contributed by atoms with Crippen molar-refractivity contribution in [3.8, 4) is 22.5 Å². The first-order valence-corrected chi connectivity index (χ1v) is 13.5. The van der Waals surface area contributed by atoms with Crippen LogP contribution in [0.5, 0.6) is 0 Å². The summed E-state index contributed by atoms with van der Waals surface area (Å²) in [4.78, 5) is 9.01. The molecule has 0 unspecified atom stereocenters. The van der Waals surface area contributed by atoms with Crippen molar-refractivity contribution in [1.82, 2.24) is 9.97 Å². The molecule has 0 amide bonds. The molecule has 0 spiro atoms. The molecule has 39 heavy (non-hydrogen) atoms. The maximum absolute atomic E-state index is 4.56. The molecule has 6 aromatic rings. The molecule has 0 fully saturated rings. The molecule has 0 N–H and O–H groups in total. The second-order valence-corrected chi connectivity index (χ2v) is 9.46. The van der Waals surface area contributed by atoms with Gasteiger partial charge in [0.25, 0.3) is 0 Å². The second kappa shape index (κ2) is 14.5. The van der Waals surface area contributed by atoms with Crippen molar-refractivity contribution in [3.05, 3.63) is 133 Å². The van der Waals surface area contributed by atoms with Crippen molar-refractivity contribution >= 4 is 21.5 Å². The molecule has 3 heteroatoms. The van der Waals surface area contributed by atoms with Crippen LogP contribution in [-0.4, -0.2) is 9.97 Å². The second-order valence-electron chi connectivity index (χ2n) is 9.46. The van der Waals surface area contributed by atoms with Crippen LogP contribution in [0.1, 0.15) is 38.2 Å². The topological polar surface area (TPSA) is 25.8 Å². The van der Waals surface area contributed by atoms with Gasteiger partial charge in [-0.25, -0.2) is 0 Å². The van der Waals surface area contributed by atoms with Crippen molar-refractivity contribution in [2.45, 2.75) is 39.0 Å². The predicted octanol–water partition coefficient (Wildman–Crippen LogP) is 9.52. The zero-order chi connectivity index (χ0) is 26.0. The van der Waals surface area contributed by atoms with E-state index in [1.807, 2.05) is 54.9 Å². The molecular weight excluding hydrogens is 653 g/mol. The van der Waals surface area contributed by atoms with Gasteiger partial charge in [0, 0.05) is 32.5 Å². The zero-order valence-electron chi connectivity index (χ0n) is 22.2. The Morgan fingerprint density at radius 3 is 1.77 bits per heavy atom. The number of aromatic nitrogens is 2. The van der Waals surface area contributed by atoms with Gasteiger partial charge in [-0.3, -0.25) is 0 Å². The summed E-state index contributed by atoms with van der Waals surface area (Å²) in [6.07, 6.45) is 10.1. The first-order chi connectivity index (χ1) is 18.8. The average Bonchev–Trinajstić information content (AvgIpc) is 3.00. The molecule has 4 aromatic carbocycles. The zero-order valence-corrected chi connectivity index (χ0v) is 24.6. The molecular formula is C36H32IrN2-2. The first-order valence-electron chi connectivity index (χ1n) is 13.5. The summed E-state index contributed by atoms with van der Waals surface area (Å²) in [5.74, 6) is 0. The Kier molecular flexibility index (Phi) is 10.5. The van der Waals surface area contributed by atoms with Crippen molar-refractivity contribution in [3.63, 3.8) is 0 Å². The molecule has 0 saturated carbocycles. The molecule has 0 bridgehead atoms. The van der Waals surface area contributed by atoms with Crippen molar-refractivity contribution in [1.29, 1.82) is 0 Å². The van der Waals surface area contributed by atoms with Gasteiger partial charge in [0.1, 0.15) is 0 Å². The van der Waals surface area contributed by atoms with Crippen molar-refractivity contribution < 1.29 is 20.1 Å². The molecule has 0 aliphatic carbocycles. The van der Waals surface area contributed by atoms with E-state index < -0.39 is 0 Å². The third-order valence-electron chi connectivity index (χ3n) is 6.76. The van der Waals surface area contributed by atoms with Crippen LogP contribution in [0.2, 0.25) is 0 Å². The van der Waals surface area contributed by atoms with E-state index in [1.165, 1.54) is 52.8 Å². The van der Waals surface area contributed by atoms with Crippen LogP contribution in [-0.2, 0) is 26.5 Å². The molecule has 0 aliphatic heterocycles. The number of hydrogen-bond donors (Lipinski definition) is 0. The van der Waals surface area contributed by atoms with Crippen molar-refractivity contribution in [2.24, 2.45) is 0 Å². The number of nitrogens with zero attached hydrogens (tertiary/aromatic N) is 2. The Bertz CT molecular complexity index is 1580. The Morgan fingerprint density at radius 1 is 0.590 bits per heavy atom. The van der Waals surface area contributed by atoms with E-state index in [0.717, 1.165) is 28.9 Å². The molecule has 2 heterocycles. The van der Waals surface area contributed by atoms with Crippen LogP contribution in [0, 0.1) is 12.1 Å². The van der Waals surface area contributed by atoms with Crippen LogP contribution < -0.4 is 0 Å². The molecule has 0 saturated heterocycles. The number of pyridine rings is 2. The average molecular weight is 685 g/mol. The summed E-state index contributed by atoms with van der Waals surface area (Å²) in [5, 5.41) is 4.80. The van der Waals surface area contributed by atoms with Gasteiger partial charge in [-0.2, -0.15) is 0 Å². The minimum atomic E-state index is 0. The summed E-state index contributed by atoms with van der Waals surface area (Å²) in [7, 11) is 0. The Morgan fingerprint density at radius 2 is 1.21 bits per heavy atom. The summed E-state index contributed by atoms with van der Waals surface area (Å²) in [6.45, 7) is 2.25. The third-order valence-corrected chi connectivity index (χ3v) is 6.76. The SMILES string of the molecule is CCCCCCc1c[c-]c(-c2nccc3ccccc23)cc1.[Ir].[c-]1ccccc1-c1nccc2ccccc12. The minimum absolute atomic E-state index is 0. The van der Waals surface area contributed by atoms with Crippen LogP contribution in [0.4, 0.5) is 0 Å². The third kappa shape index (κ3) is 7.26. The van der Waals surface area contributed by atoms with E-state index >= 15 is 0 Å². The maximum Gasteiger partial charge on any atom is 0.0167 e. The number of benzene rings is 4. The fourth-order valence-electron chi connectivity index (χ4n) is 4.72. The quantitative estimate of drug-likeness (QED) is 0.124. The van der Waals surface area contributed by atoms with E-state index in [4.69, 9.17) is 0 Å². The molecule has 1 radical (unpaired) electrons. The van der Waals surface area contributed by atoms with Crippen LogP contribution >= 0.6 is 0 Å². The van der Waals surface area contributed by atoms with Crippen LogP contribution in [0.25, 0.3) is 44.1 Å². The molecule has 2 aromatic heterocycles. The summed E-state index contributed by atoms with van der Waals surface area (Å²) in [6, 6.07) is 41.8. The van der Waals surface area contributed by atoms with E-state index in [1.54, 1.807) is 0 Å². The molecule has 0 aliphatic rings. The fraction of sp³-hybridized carbons (Fsp3) is 0.167. The summed E-state index contributed by atoms with van der Waals surface area (Å²) < 4.78 is 0. The number of hydrogen-bond acceptors (Lipinski definition) is 2. The number of rotatable bonds is 7. The predicted molar refractivity (Wildman–Crippen MR) is 160 cm³/mol. The van der Waals surface area contributed by atoms with E-state index in [2.05, 4.69) is 89.7 Å². The standard InChI is InChI=1S/C21H22N.C15H10N.Ir/c1-2-3-4-5-8-17-11-13-19(14-12-17)21-20-10-7-6-9-18(20)15-16-22-21;1-2-7-13(8-3-1)15-14-9-5-4-6-12(14)10-11-16-15;/h6-7,9-13,15-16H,2-5,8H2,1H3;1-7,9-11H;/q2*-1;. The van der Waals surface area contributed by atoms with Gasteiger partial charge in [0.05, 0.1) is 0 Å². The van der Waals surface area contributed by atoms with Gasteiger partial charge in [0.2, 0.25) is 0 Å². The molecule has 6 rings (SSSR count). The largest absolute Gasteiger partial charge is 0.304 e. The smallest absolute Gasteiger partial charge is 0.0167 e. The van der Waals surface area contributed by atoms with Gasteiger partial charge in [0.15, 0.2) is 0 Å². The normalized spacial score (nSPS) is 10.5. The van der Waals surface area contributed by atoms with E-state index in [9.17, 15) is 0 Å². The Hall–Kier alpha value is -3.65. The number of fused-ring (bicyclic) bond motifs is 2. The van der Waals surface area contributed by atoms with Gasteiger partial charge >= 0.3 is 0 Å². The van der Waals surface area contributed by atoms with Gasteiger partial charge in [-0.15, -0.1) is 71.3 Å². The first kappa shape index (κ1) is 28.4. The van der Waals surface area contributed by atoms with Gasteiger partial charge < -0.3 is 9.97 Å².